The van der Waals surface area contributed by atoms with Crippen LogP contribution in [0, 0.1) is 0 Å². The molecule has 2 aromatic carbocycles. The van der Waals surface area contributed by atoms with E-state index in [2.05, 4.69) is 10.6 Å². The summed E-state index contributed by atoms with van der Waals surface area (Å²) < 4.78 is 5.09. The Bertz CT molecular complexity index is 548. The monoisotopic (exact) mass is 272 g/mol. The highest BCUT2D eigenvalue weighted by atomic mass is 16.5. The lowest BCUT2D eigenvalue weighted by atomic mass is 10.2. The summed E-state index contributed by atoms with van der Waals surface area (Å²) in [5, 5.41) is 14.5. The van der Waals surface area contributed by atoms with E-state index in [1.807, 2.05) is 0 Å². The summed E-state index contributed by atoms with van der Waals surface area (Å²) >= 11 is 0. The Labute approximate surface area is 117 Å². The molecule has 0 aromatic heterocycles. The molecule has 5 nitrogen and oxygen atoms in total. The van der Waals surface area contributed by atoms with Gasteiger partial charge in [-0.15, -0.1) is 0 Å². The lowest BCUT2D eigenvalue weighted by Crippen LogP contribution is -2.19. The molecule has 104 valence electrons. The van der Waals surface area contributed by atoms with Crippen molar-refractivity contribution >= 4 is 17.4 Å². The van der Waals surface area contributed by atoms with Gasteiger partial charge in [-0.25, -0.2) is 4.79 Å². The summed E-state index contributed by atoms with van der Waals surface area (Å²) in [5.41, 5.74) is 2.00. The number of carbonyl (C=O) groups is 1. The average molecular weight is 272 g/mol. The zero-order valence-corrected chi connectivity index (χ0v) is 11.1. The van der Waals surface area contributed by atoms with Crippen LogP contribution in [0.15, 0.2) is 48.5 Å². The van der Waals surface area contributed by atoms with Gasteiger partial charge < -0.3 is 20.5 Å². The van der Waals surface area contributed by atoms with Crippen molar-refractivity contribution in [3.63, 3.8) is 0 Å². The van der Waals surface area contributed by atoms with Crippen molar-refractivity contribution in [2.24, 2.45) is 0 Å². The zero-order chi connectivity index (χ0) is 14.4. The van der Waals surface area contributed by atoms with Crippen LogP contribution in [-0.2, 0) is 6.61 Å². The minimum atomic E-state index is -0.353. The van der Waals surface area contributed by atoms with Crippen molar-refractivity contribution in [1.82, 2.24) is 0 Å². The normalized spacial score (nSPS) is 9.90. The van der Waals surface area contributed by atoms with Gasteiger partial charge in [0.05, 0.1) is 13.7 Å². The summed E-state index contributed by atoms with van der Waals surface area (Å²) in [6, 6.07) is 13.8. The highest BCUT2D eigenvalue weighted by molar-refractivity contribution is 5.99. The highest BCUT2D eigenvalue weighted by Gasteiger charge is 2.04. The molecule has 0 spiro atoms. The van der Waals surface area contributed by atoms with Gasteiger partial charge in [0.15, 0.2) is 0 Å². The molecule has 0 saturated heterocycles. The number of methoxy groups -OCH3 is 1. The van der Waals surface area contributed by atoms with Crippen LogP contribution in [0.2, 0.25) is 0 Å². The van der Waals surface area contributed by atoms with Crippen LogP contribution < -0.4 is 15.4 Å². The topological polar surface area (TPSA) is 70.6 Å². The third-order valence-electron chi connectivity index (χ3n) is 2.70. The van der Waals surface area contributed by atoms with Gasteiger partial charge in [0.25, 0.3) is 0 Å². The van der Waals surface area contributed by atoms with Crippen LogP contribution in [-0.4, -0.2) is 18.2 Å². The summed E-state index contributed by atoms with van der Waals surface area (Å²) in [6.07, 6.45) is 0. The molecule has 5 heteroatoms. The first-order valence-corrected chi connectivity index (χ1v) is 6.13. The Kier molecular flexibility index (Phi) is 4.57. The van der Waals surface area contributed by atoms with Gasteiger partial charge in [-0.05, 0) is 29.8 Å². The number of benzene rings is 2. The smallest absolute Gasteiger partial charge is 0.323 e. The molecular weight excluding hydrogens is 256 g/mol. The molecule has 3 N–H and O–H groups in total. The van der Waals surface area contributed by atoms with Gasteiger partial charge in [-0.2, -0.15) is 0 Å². The number of hydrogen-bond donors (Lipinski definition) is 3. The largest absolute Gasteiger partial charge is 0.497 e. The fourth-order valence-corrected chi connectivity index (χ4v) is 1.74. The number of rotatable bonds is 4. The third kappa shape index (κ3) is 3.73. The number of aliphatic hydroxyl groups excluding tert-OH is 1. The number of anilines is 2. The lowest BCUT2D eigenvalue weighted by molar-refractivity contribution is 0.262. The molecule has 0 unspecified atom stereocenters. The molecule has 0 heterocycles. The molecule has 20 heavy (non-hydrogen) atoms. The predicted molar refractivity (Wildman–Crippen MR) is 78.0 cm³/mol. The van der Waals surface area contributed by atoms with E-state index >= 15 is 0 Å². The van der Waals surface area contributed by atoms with E-state index in [0.29, 0.717) is 17.1 Å². The first kappa shape index (κ1) is 13.9. The van der Waals surface area contributed by atoms with Crippen LogP contribution in [0.25, 0.3) is 0 Å². The van der Waals surface area contributed by atoms with Gasteiger partial charge in [0.2, 0.25) is 0 Å². The molecule has 0 saturated carbocycles. The summed E-state index contributed by atoms with van der Waals surface area (Å²) in [6.45, 7) is -0.0625. The Morgan fingerprint density at radius 3 is 2.40 bits per heavy atom. The molecule has 0 aliphatic rings. The number of hydrogen-bond acceptors (Lipinski definition) is 3. The molecule has 0 fully saturated rings. The van der Waals surface area contributed by atoms with Gasteiger partial charge in [-0.3, -0.25) is 0 Å². The predicted octanol–water partition coefficient (Wildman–Crippen LogP) is 2.83. The van der Waals surface area contributed by atoms with Crippen molar-refractivity contribution in [2.75, 3.05) is 17.7 Å². The molecule has 0 aliphatic carbocycles. The molecule has 2 rings (SSSR count). The number of aliphatic hydroxyl groups is 1. The molecule has 2 aromatic rings. The van der Waals surface area contributed by atoms with E-state index in [1.165, 1.54) is 0 Å². The number of carbonyl (C=O) groups excluding carboxylic acids is 1. The van der Waals surface area contributed by atoms with Gasteiger partial charge in [0, 0.05) is 17.4 Å². The van der Waals surface area contributed by atoms with Gasteiger partial charge >= 0.3 is 6.03 Å². The fourth-order valence-electron chi connectivity index (χ4n) is 1.74. The second-order valence-electron chi connectivity index (χ2n) is 4.17. The quantitative estimate of drug-likeness (QED) is 0.801. The second-order valence-corrected chi connectivity index (χ2v) is 4.17. The molecule has 2 amide bonds. The number of amides is 2. The van der Waals surface area contributed by atoms with Crippen molar-refractivity contribution in [3.8, 4) is 5.75 Å². The summed E-state index contributed by atoms with van der Waals surface area (Å²) in [7, 11) is 1.57. The standard InChI is InChI=1S/C15H16N2O3/c1-20-14-7-3-6-13(9-14)17-15(19)16-12-5-2-4-11(8-12)10-18/h2-9,18H,10H2,1H3,(H2,16,17,19). The van der Waals surface area contributed by atoms with Crippen LogP contribution in [0.3, 0.4) is 0 Å². The van der Waals surface area contributed by atoms with E-state index in [1.54, 1.807) is 55.6 Å². The molecule has 0 atom stereocenters. The lowest BCUT2D eigenvalue weighted by Gasteiger charge is -2.09. The number of ether oxygens (including phenoxy) is 1. The van der Waals surface area contributed by atoms with E-state index in [-0.39, 0.29) is 12.6 Å². The van der Waals surface area contributed by atoms with E-state index in [9.17, 15) is 4.79 Å². The van der Waals surface area contributed by atoms with Gasteiger partial charge in [-0.1, -0.05) is 18.2 Å². The highest BCUT2D eigenvalue weighted by Crippen LogP contribution is 2.17. The summed E-state index contributed by atoms with van der Waals surface area (Å²) in [4.78, 5) is 11.9. The van der Waals surface area contributed by atoms with E-state index in [0.717, 1.165) is 5.56 Å². The minimum absolute atomic E-state index is 0.0625. The van der Waals surface area contributed by atoms with E-state index < -0.39 is 0 Å². The maximum absolute atomic E-state index is 11.9. The summed E-state index contributed by atoms with van der Waals surface area (Å²) in [5.74, 6) is 0.671. The van der Waals surface area contributed by atoms with Crippen LogP contribution in [0.4, 0.5) is 16.2 Å². The Morgan fingerprint density at radius 2 is 1.75 bits per heavy atom. The maximum Gasteiger partial charge on any atom is 0.323 e. The second kappa shape index (κ2) is 6.58. The van der Waals surface area contributed by atoms with E-state index in [4.69, 9.17) is 9.84 Å². The Morgan fingerprint density at radius 1 is 1.10 bits per heavy atom. The zero-order valence-electron chi connectivity index (χ0n) is 11.1. The number of urea groups is 1. The molecule has 0 radical (unpaired) electrons. The Balaban J connectivity index is 2.01. The molecule has 0 bridgehead atoms. The fraction of sp³-hybridized carbons (Fsp3) is 0.133. The number of nitrogens with one attached hydrogen (secondary N) is 2. The van der Waals surface area contributed by atoms with Crippen molar-refractivity contribution in [3.05, 3.63) is 54.1 Å². The molecule has 0 aliphatic heterocycles. The van der Waals surface area contributed by atoms with Crippen LogP contribution >= 0.6 is 0 Å². The minimum Gasteiger partial charge on any atom is -0.497 e. The first-order chi connectivity index (χ1) is 9.71. The first-order valence-electron chi connectivity index (χ1n) is 6.13. The van der Waals surface area contributed by atoms with Crippen molar-refractivity contribution < 1.29 is 14.6 Å². The third-order valence-corrected chi connectivity index (χ3v) is 2.70. The van der Waals surface area contributed by atoms with Crippen LogP contribution in [0.1, 0.15) is 5.56 Å². The van der Waals surface area contributed by atoms with Crippen molar-refractivity contribution in [1.29, 1.82) is 0 Å². The van der Waals surface area contributed by atoms with Gasteiger partial charge in [0.1, 0.15) is 5.75 Å². The van der Waals surface area contributed by atoms with Crippen LogP contribution in [0.5, 0.6) is 5.75 Å². The molecular formula is C15H16N2O3. The van der Waals surface area contributed by atoms with Crippen molar-refractivity contribution in [2.45, 2.75) is 6.61 Å². The Hall–Kier alpha value is -2.53. The SMILES string of the molecule is COc1cccc(NC(=O)Nc2cccc(CO)c2)c1. The average Bonchev–Trinajstić information content (AvgIpc) is 2.47. The maximum atomic E-state index is 11.9.